The monoisotopic (exact) mass is 450 g/mol. The van der Waals surface area contributed by atoms with Gasteiger partial charge in [0.05, 0.1) is 5.69 Å². The minimum Gasteiger partial charge on any atom is -0.452 e. The molecule has 0 unspecified atom stereocenters. The third kappa shape index (κ3) is 3.04. The molecule has 3 heterocycles. The average Bonchev–Trinajstić information content (AvgIpc) is 3.44. The van der Waals surface area contributed by atoms with Crippen molar-refractivity contribution in [2.24, 2.45) is 0 Å². The molecule has 2 aromatic rings. The molecule has 32 heavy (non-hydrogen) atoms. The van der Waals surface area contributed by atoms with Crippen LogP contribution in [0.2, 0.25) is 0 Å². The molecular weight excluding hydrogens is 428 g/mol. The van der Waals surface area contributed by atoms with Crippen LogP contribution in [0.5, 0.6) is 0 Å². The van der Waals surface area contributed by atoms with E-state index >= 15 is 0 Å². The maximum atomic E-state index is 13.3. The van der Waals surface area contributed by atoms with Gasteiger partial charge in [0, 0.05) is 42.5 Å². The molecule has 0 N–H and O–H groups in total. The summed E-state index contributed by atoms with van der Waals surface area (Å²) in [6.07, 6.45) is 0.280. The fraction of sp³-hybridized carbons (Fsp3) is 0.333. The Hall–Kier alpha value is -3.13. The topological polar surface area (TPSA) is 84.0 Å². The molecule has 8 heteroatoms. The van der Waals surface area contributed by atoms with Crippen LogP contribution in [0.1, 0.15) is 42.6 Å². The molecular formula is C24H22N2O5S. The van der Waals surface area contributed by atoms with E-state index in [0.29, 0.717) is 30.6 Å². The number of nitrogens with zero attached hydrogens (tertiary/aromatic N) is 2. The van der Waals surface area contributed by atoms with Crippen LogP contribution in [-0.2, 0) is 25.5 Å². The molecule has 7 nitrogen and oxygen atoms in total. The number of para-hydroxylation sites is 1. The lowest BCUT2D eigenvalue weighted by Gasteiger charge is -2.29. The predicted molar refractivity (Wildman–Crippen MR) is 120 cm³/mol. The summed E-state index contributed by atoms with van der Waals surface area (Å²) in [6, 6.07) is 12.6. The zero-order chi connectivity index (χ0) is 22.6. The van der Waals surface area contributed by atoms with Gasteiger partial charge in [0.2, 0.25) is 17.6 Å². The number of ketones is 1. The van der Waals surface area contributed by atoms with Crippen LogP contribution in [0, 0.1) is 0 Å². The second kappa shape index (κ2) is 7.48. The van der Waals surface area contributed by atoms with E-state index in [4.69, 9.17) is 4.74 Å². The van der Waals surface area contributed by atoms with Gasteiger partial charge in [-0.1, -0.05) is 23.9 Å². The van der Waals surface area contributed by atoms with E-state index in [1.54, 1.807) is 30.0 Å². The Balaban J connectivity index is 1.35. The second-order valence-electron chi connectivity index (χ2n) is 8.26. The third-order valence-electron chi connectivity index (χ3n) is 6.28. The Bertz CT molecular complexity index is 1180. The molecule has 1 fully saturated rings. The summed E-state index contributed by atoms with van der Waals surface area (Å²) in [5.41, 5.74) is 2.90. The molecule has 0 aliphatic carbocycles. The van der Waals surface area contributed by atoms with Crippen LogP contribution < -0.4 is 9.80 Å². The average molecular weight is 451 g/mol. The summed E-state index contributed by atoms with van der Waals surface area (Å²) >= 11 is 1.32. The van der Waals surface area contributed by atoms with Crippen molar-refractivity contribution in [2.75, 3.05) is 16.3 Å². The molecule has 3 aliphatic rings. The lowest BCUT2D eigenvalue weighted by Crippen LogP contribution is -2.49. The molecule has 0 bridgehead atoms. The zero-order valence-electron chi connectivity index (χ0n) is 17.8. The van der Waals surface area contributed by atoms with Gasteiger partial charge in [-0.25, -0.2) is 4.79 Å². The minimum absolute atomic E-state index is 0.0323. The largest absolute Gasteiger partial charge is 0.452 e. The Morgan fingerprint density at radius 3 is 2.66 bits per heavy atom. The maximum absolute atomic E-state index is 13.3. The van der Waals surface area contributed by atoms with Crippen molar-refractivity contribution in [3.05, 3.63) is 53.6 Å². The highest BCUT2D eigenvalue weighted by molar-refractivity contribution is 8.02. The Kier molecular flexibility index (Phi) is 4.85. The molecule has 0 saturated carbocycles. The molecule has 3 aliphatic heterocycles. The molecule has 0 aromatic heterocycles. The van der Waals surface area contributed by atoms with Crippen molar-refractivity contribution in [1.82, 2.24) is 0 Å². The van der Waals surface area contributed by atoms with Gasteiger partial charge >= 0.3 is 5.97 Å². The van der Waals surface area contributed by atoms with Gasteiger partial charge in [-0.2, -0.15) is 0 Å². The number of carbonyl (C=O) groups excluding carboxylic acids is 4. The molecule has 1 saturated heterocycles. The highest BCUT2D eigenvalue weighted by Gasteiger charge is 2.59. The standard InChI is InChI=1S/C24H22N2O5S/c1-14(22(29)17-7-8-18-16(13-17)10-12-25(18)15(2)27)31-23(30)24-11-9-21(28)26(24)19-5-3-4-6-20(19)32-24/h3-8,13-14H,9-12H2,1-2H3/t14-,24+/m0/s1. The number of amides is 2. The van der Waals surface area contributed by atoms with Gasteiger partial charge < -0.3 is 9.64 Å². The first-order valence-corrected chi connectivity index (χ1v) is 11.4. The van der Waals surface area contributed by atoms with Gasteiger partial charge in [0.25, 0.3) is 0 Å². The van der Waals surface area contributed by atoms with Crippen molar-refractivity contribution in [2.45, 2.75) is 49.0 Å². The first kappa shape index (κ1) is 20.8. The summed E-state index contributed by atoms with van der Waals surface area (Å²) in [4.78, 5) is 53.5. The minimum atomic E-state index is -1.16. The van der Waals surface area contributed by atoms with Gasteiger partial charge in [0.1, 0.15) is 0 Å². The fourth-order valence-corrected chi connectivity index (χ4v) is 6.10. The number of hydrogen-bond acceptors (Lipinski definition) is 6. The van der Waals surface area contributed by atoms with E-state index in [-0.39, 0.29) is 24.0 Å². The van der Waals surface area contributed by atoms with E-state index in [9.17, 15) is 19.2 Å². The van der Waals surface area contributed by atoms with Crippen molar-refractivity contribution < 1.29 is 23.9 Å². The Morgan fingerprint density at radius 2 is 1.88 bits per heavy atom. The Labute approximate surface area is 189 Å². The number of anilines is 2. The first-order chi connectivity index (χ1) is 15.3. The smallest absolute Gasteiger partial charge is 0.344 e. The van der Waals surface area contributed by atoms with Crippen molar-refractivity contribution in [3.63, 3.8) is 0 Å². The normalized spacial score (nSPS) is 21.8. The number of benzene rings is 2. The molecule has 0 radical (unpaired) electrons. The highest BCUT2D eigenvalue weighted by Crippen LogP contribution is 2.56. The molecule has 2 atom stereocenters. The number of fused-ring (bicyclic) bond motifs is 4. The Morgan fingerprint density at radius 1 is 1.09 bits per heavy atom. The van der Waals surface area contributed by atoms with Gasteiger partial charge in [-0.3, -0.25) is 19.3 Å². The van der Waals surface area contributed by atoms with Gasteiger partial charge in [0.15, 0.2) is 11.0 Å². The summed E-state index contributed by atoms with van der Waals surface area (Å²) in [5.74, 6) is -1.04. The van der Waals surface area contributed by atoms with E-state index in [0.717, 1.165) is 16.1 Å². The van der Waals surface area contributed by atoms with E-state index in [1.807, 2.05) is 24.3 Å². The highest BCUT2D eigenvalue weighted by atomic mass is 32.2. The quantitative estimate of drug-likeness (QED) is 0.525. The predicted octanol–water partition coefficient (Wildman–Crippen LogP) is 3.34. The molecule has 164 valence electrons. The van der Waals surface area contributed by atoms with Gasteiger partial charge in [-0.05, 0) is 49.2 Å². The van der Waals surface area contributed by atoms with Crippen molar-refractivity contribution in [1.29, 1.82) is 0 Å². The van der Waals surface area contributed by atoms with E-state index < -0.39 is 16.9 Å². The summed E-state index contributed by atoms with van der Waals surface area (Å²) in [6.45, 7) is 3.67. The molecule has 0 spiro atoms. The van der Waals surface area contributed by atoms with Gasteiger partial charge in [-0.15, -0.1) is 0 Å². The lowest BCUT2D eigenvalue weighted by atomic mass is 10.0. The van der Waals surface area contributed by atoms with Crippen LogP contribution in [0.15, 0.2) is 47.4 Å². The lowest BCUT2D eigenvalue weighted by molar-refractivity contribution is -0.149. The SMILES string of the molecule is CC(=O)N1CCc2cc(C(=O)[C@H](C)OC(=O)[C@]34CCC(=O)N3c3ccccc3S4)ccc21. The summed E-state index contributed by atoms with van der Waals surface area (Å²) < 4.78 is 5.65. The van der Waals surface area contributed by atoms with Crippen LogP contribution in [-0.4, -0.2) is 41.1 Å². The van der Waals surface area contributed by atoms with Crippen LogP contribution in [0.25, 0.3) is 0 Å². The van der Waals surface area contributed by atoms with E-state index in [1.165, 1.54) is 23.6 Å². The molecule has 2 aromatic carbocycles. The van der Waals surface area contributed by atoms with E-state index in [2.05, 4.69) is 0 Å². The maximum Gasteiger partial charge on any atom is 0.344 e. The van der Waals surface area contributed by atoms with Crippen LogP contribution in [0.4, 0.5) is 11.4 Å². The number of hydrogen-bond donors (Lipinski definition) is 0. The number of ether oxygens (including phenoxy) is 1. The number of thioether (sulfide) groups is 1. The van der Waals surface area contributed by atoms with Crippen molar-refractivity contribution in [3.8, 4) is 0 Å². The summed E-state index contributed by atoms with van der Waals surface area (Å²) in [5, 5.41) is 0. The van der Waals surface area contributed by atoms with Crippen molar-refractivity contribution >= 4 is 46.7 Å². The number of carbonyl (C=O) groups is 4. The number of esters is 1. The fourth-order valence-electron chi connectivity index (χ4n) is 4.70. The van der Waals surface area contributed by atoms with Crippen LogP contribution >= 0.6 is 11.8 Å². The number of Topliss-reactive ketones (excluding diaryl/α,β-unsaturated/α-hetero) is 1. The molecule has 5 rings (SSSR count). The van der Waals surface area contributed by atoms with Crippen LogP contribution in [0.3, 0.4) is 0 Å². The second-order valence-corrected chi connectivity index (χ2v) is 9.58. The number of rotatable bonds is 4. The first-order valence-electron chi connectivity index (χ1n) is 10.6. The summed E-state index contributed by atoms with van der Waals surface area (Å²) in [7, 11) is 0. The molecule has 2 amide bonds. The third-order valence-corrected chi connectivity index (χ3v) is 7.74. The zero-order valence-corrected chi connectivity index (χ0v) is 18.6.